The molecule has 2 saturated carbocycles. The van der Waals surface area contributed by atoms with Crippen LogP contribution >= 0.6 is 0 Å². The van der Waals surface area contributed by atoms with E-state index in [1.807, 2.05) is 0 Å². The second kappa shape index (κ2) is 4.06. The first-order chi connectivity index (χ1) is 7.14. The Balaban J connectivity index is 2.15. The van der Waals surface area contributed by atoms with Gasteiger partial charge in [0.05, 0.1) is 6.10 Å². The largest absolute Gasteiger partial charge is 0.392 e. The minimum atomic E-state index is -0.178. The third-order valence-electron chi connectivity index (χ3n) is 5.18. The summed E-state index contributed by atoms with van der Waals surface area (Å²) < 4.78 is 0. The van der Waals surface area contributed by atoms with Crippen molar-refractivity contribution < 1.29 is 5.11 Å². The Morgan fingerprint density at radius 1 is 1.47 bits per heavy atom. The summed E-state index contributed by atoms with van der Waals surface area (Å²) in [5, 5.41) is 10.5. The highest BCUT2D eigenvalue weighted by Gasteiger charge is 2.54. The maximum absolute atomic E-state index is 10.5. The van der Waals surface area contributed by atoms with Crippen molar-refractivity contribution in [3.8, 4) is 0 Å². The number of nitrogens with two attached hydrogens (primary N) is 1. The summed E-state index contributed by atoms with van der Waals surface area (Å²) in [6, 6.07) is 0. The van der Waals surface area contributed by atoms with E-state index < -0.39 is 0 Å². The zero-order valence-electron chi connectivity index (χ0n) is 10.1. The molecule has 0 amide bonds. The van der Waals surface area contributed by atoms with Crippen LogP contribution in [-0.2, 0) is 0 Å². The Morgan fingerprint density at radius 2 is 2.20 bits per heavy atom. The summed E-state index contributed by atoms with van der Waals surface area (Å²) in [4.78, 5) is 0. The molecular formula is C13H25NO. The van der Waals surface area contributed by atoms with E-state index in [2.05, 4.69) is 13.8 Å². The molecule has 0 heterocycles. The van der Waals surface area contributed by atoms with E-state index in [0.717, 1.165) is 12.3 Å². The zero-order chi connectivity index (χ0) is 11.1. The highest BCUT2D eigenvalue weighted by atomic mass is 16.3. The normalized spacial score (nSPS) is 43.2. The van der Waals surface area contributed by atoms with Gasteiger partial charge in [0, 0.05) is 12.0 Å². The predicted molar refractivity (Wildman–Crippen MR) is 62.4 cm³/mol. The molecule has 0 radical (unpaired) electrons. The average molecular weight is 211 g/mol. The van der Waals surface area contributed by atoms with Crippen molar-refractivity contribution in [3.05, 3.63) is 0 Å². The molecule has 0 aromatic rings. The topological polar surface area (TPSA) is 46.2 Å². The molecule has 2 bridgehead atoms. The summed E-state index contributed by atoms with van der Waals surface area (Å²) in [7, 11) is 0. The van der Waals surface area contributed by atoms with E-state index in [1.54, 1.807) is 0 Å². The van der Waals surface area contributed by atoms with Gasteiger partial charge >= 0.3 is 0 Å². The Bertz CT molecular complexity index is 231. The summed E-state index contributed by atoms with van der Waals surface area (Å²) >= 11 is 0. The fraction of sp³-hybridized carbons (Fsp3) is 1.00. The van der Waals surface area contributed by atoms with E-state index in [9.17, 15) is 5.11 Å². The molecule has 3 N–H and O–H groups in total. The monoisotopic (exact) mass is 211 g/mol. The molecule has 2 aliphatic carbocycles. The van der Waals surface area contributed by atoms with Gasteiger partial charge in [-0.1, -0.05) is 26.7 Å². The van der Waals surface area contributed by atoms with Gasteiger partial charge in [0.25, 0.3) is 0 Å². The van der Waals surface area contributed by atoms with Crippen molar-refractivity contribution in [1.82, 2.24) is 0 Å². The van der Waals surface area contributed by atoms with Gasteiger partial charge < -0.3 is 10.8 Å². The third kappa shape index (κ3) is 1.62. The smallest absolute Gasteiger partial charge is 0.0636 e. The van der Waals surface area contributed by atoms with Crippen LogP contribution in [0.4, 0.5) is 0 Å². The van der Waals surface area contributed by atoms with Crippen molar-refractivity contribution in [2.75, 3.05) is 6.54 Å². The highest BCUT2D eigenvalue weighted by molar-refractivity contribution is 5.05. The fourth-order valence-electron chi connectivity index (χ4n) is 4.01. The molecular weight excluding hydrogens is 186 g/mol. The lowest BCUT2D eigenvalue weighted by molar-refractivity contribution is -0.0445. The van der Waals surface area contributed by atoms with E-state index >= 15 is 0 Å². The van der Waals surface area contributed by atoms with Crippen molar-refractivity contribution in [1.29, 1.82) is 0 Å². The van der Waals surface area contributed by atoms with Gasteiger partial charge in [0.2, 0.25) is 0 Å². The van der Waals surface area contributed by atoms with Crippen LogP contribution in [0.15, 0.2) is 0 Å². The highest BCUT2D eigenvalue weighted by Crippen LogP contribution is 2.58. The average Bonchev–Trinajstić information content (AvgIpc) is 2.86. The van der Waals surface area contributed by atoms with Crippen LogP contribution in [0.1, 0.15) is 46.0 Å². The van der Waals surface area contributed by atoms with E-state index in [0.29, 0.717) is 18.4 Å². The number of fused-ring (bicyclic) bond motifs is 2. The van der Waals surface area contributed by atoms with Crippen molar-refractivity contribution in [2.24, 2.45) is 28.9 Å². The van der Waals surface area contributed by atoms with E-state index in [4.69, 9.17) is 5.73 Å². The van der Waals surface area contributed by atoms with Gasteiger partial charge in [-0.2, -0.15) is 0 Å². The molecule has 2 nitrogen and oxygen atoms in total. The molecule has 0 spiro atoms. The van der Waals surface area contributed by atoms with Crippen LogP contribution in [-0.4, -0.2) is 17.8 Å². The molecule has 5 atom stereocenters. The van der Waals surface area contributed by atoms with Crippen molar-refractivity contribution >= 4 is 0 Å². The van der Waals surface area contributed by atoms with Gasteiger partial charge in [-0.15, -0.1) is 0 Å². The third-order valence-corrected chi connectivity index (χ3v) is 5.18. The number of aliphatic hydroxyl groups excluding tert-OH is 1. The molecule has 0 aromatic heterocycles. The summed E-state index contributed by atoms with van der Waals surface area (Å²) in [6.45, 7) is 5.00. The van der Waals surface area contributed by atoms with Crippen LogP contribution < -0.4 is 5.73 Å². The second-order valence-corrected chi connectivity index (χ2v) is 5.85. The maximum Gasteiger partial charge on any atom is 0.0636 e. The SMILES string of the molecule is CCC(C)C(O)C1(CN)CC2CCC1C2. The molecule has 0 aromatic carbocycles. The van der Waals surface area contributed by atoms with E-state index in [1.165, 1.54) is 25.7 Å². The number of hydrogen-bond donors (Lipinski definition) is 2. The molecule has 15 heavy (non-hydrogen) atoms. The minimum absolute atomic E-state index is 0.0678. The van der Waals surface area contributed by atoms with Gasteiger partial charge in [0.15, 0.2) is 0 Å². The number of hydrogen-bond acceptors (Lipinski definition) is 2. The molecule has 2 aliphatic rings. The van der Waals surface area contributed by atoms with Gasteiger partial charge in [0.1, 0.15) is 0 Å². The van der Waals surface area contributed by atoms with Crippen LogP contribution in [0.3, 0.4) is 0 Å². The van der Waals surface area contributed by atoms with Crippen LogP contribution in [0.25, 0.3) is 0 Å². The van der Waals surface area contributed by atoms with Gasteiger partial charge in [-0.25, -0.2) is 0 Å². The first-order valence-electron chi connectivity index (χ1n) is 6.52. The van der Waals surface area contributed by atoms with E-state index in [-0.39, 0.29) is 11.5 Å². The Labute approximate surface area is 93.2 Å². The summed E-state index contributed by atoms with van der Waals surface area (Å²) in [5.74, 6) is 1.96. The molecule has 2 fully saturated rings. The lowest BCUT2D eigenvalue weighted by Crippen LogP contribution is -2.48. The van der Waals surface area contributed by atoms with Crippen LogP contribution in [0.5, 0.6) is 0 Å². The molecule has 2 heteroatoms. The van der Waals surface area contributed by atoms with Crippen molar-refractivity contribution in [2.45, 2.75) is 52.1 Å². The standard InChI is InChI=1S/C13H25NO/c1-3-9(2)12(15)13(8-14)7-10-4-5-11(13)6-10/h9-12,15H,3-8,14H2,1-2H3. The Hall–Kier alpha value is -0.0800. The summed E-state index contributed by atoms with van der Waals surface area (Å²) in [6.07, 6.45) is 6.06. The molecule has 2 rings (SSSR count). The van der Waals surface area contributed by atoms with Crippen molar-refractivity contribution in [3.63, 3.8) is 0 Å². The minimum Gasteiger partial charge on any atom is -0.392 e. The lowest BCUT2D eigenvalue weighted by atomic mass is 9.66. The van der Waals surface area contributed by atoms with Gasteiger partial charge in [-0.05, 0) is 37.0 Å². The van der Waals surface area contributed by atoms with Gasteiger partial charge in [-0.3, -0.25) is 0 Å². The van der Waals surface area contributed by atoms with Crippen LogP contribution in [0, 0.1) is 23.2 Å². The molecule has 0 saturated heterocycles. The fourth-order valence-corrected chi connectivity index (χ4v) is 4.01. The number of aliphatic hydroxyl groups is 1. The predicted octanol–water partition coefficient (Wildman–Crippen LogP) is 2.16. The second-order valence-electron chi connectivity index (χ2n) is 5.85. The quantitative estimate of drug-likeness (QED) is 0.748. The first kappa shape index (κ1) is 11.4. The number of rotatable bonds is 4. The molecule has 5 unspecified atom stereocenters. The molecule has 88 valence electrons. The maximum atomic E-state index is 10.5. The Kier molecular flexibility index (Phi) is 3.09. The van der Waals surface area contributed by atoms with Crippen LogP contribution in [0.2, 0.25) is 0 Å². The first-order valence-corrected chi connectivity index (χ1v) is 6.52. The zero-order valence-corrected chi connectivity index (χ0v) is 10.1. The molecule has 0 aliphatic heterocycles. The summed E-state index contributed by atoms with van der Waals surface area (Å²) in [5.41, 5.74) is 6.06. The Morgan fingerprint density at radius 3 is 2.60 bits per heavy atom. The lowest BCUT2D eigenvalue weighted by Gasteiger charge is -2.43.